The maximum absolute atomic E-state index is 10.6. The van der Waals surface area contributed by atoms with Gasteiger partial charge in [0.25, 0.3) is 5.91 Å². The normalized spacial score (nSPS) is 17.6. The molecule has 1 aromatic rings. The lowest BCUT2D eigenvalue weighted by Crippen LogP contribution is -2.43. The van der Waals surface area contributed by atoms with Crippen molar-refractivity contribution in [1.82, 2.24) is 5.32 Å². The Hall–Kier alpha value is -1.55. The van der Waals surface area contributed by atoms with Gasteiger partial charge in [-0.05, 0) is 37.5 Å². The van der Waals surface area contributed by atoms with Crippen LogP contribution in [-0.4, -0.2) is 18.1 Å². The Bertz CT molecular complexity index is 436. The summed E-state index contributed by atoms with van der Waals surface area (Å²) in [4.78, 5) is 10.6. The summed E-state index contributed by atoms with van der Waals surface area (Å²) >= 11 is 0. The van der Waals surface area contributed by atoms with Crippen LogP contribution in [0.25, 0.3) is 0 Å². The number of hydrogen-bond acceptors (Lipinski definition) is 3. The number of ether oxygens (including phenoxy) is 1. The Morgan fingerprint density at radius 3 is 2.50 bits per heavy atom. The summed E-state index contributed by atoms with van der Waals surface area (Å²) in [5.74, 6) is 0.220. The van der Waals surface area contributed by atoms with Gasteiger partial charge in [-0.3, -0.25) is 4.79 Å². The van der Waals surface area contributed by atoms with Crippen LogP contribution in [0.15, 0.2) is 24.3 Å². The van der Waals surface area contributed by atoms with Crippen molar-refractivity contribution in [1.29, 1.82) is 0 Å². The van der Waals surface area contributed by atoms with E-state index in [1.165, 1.54) is 37.7 Å². The molecule has 20 heavy (non-hydrogen) atoms. The van der Waals surface area contributed by atoms with Crippen molar-refractivity contribution in [3.05, 3.63) is 29.8 Å². The van der Waals surface area contributed by atoms with Gasteiger partial charge in [0.1, 0.15) is 5.75 Å². The molecular formula is C16H24N2O2. The second-order valence-corrected chi connectivity index (χ2v) is 5.87. The van der Waals surface area contributed by atoms with Gasteiger partial charge in [-0.15, -0.1) is 0 Å². The van der Waals surface area contributed by atoms with Crippen LogP contribution >= 0.6 is 0 Å². The number of hydrogen-bond donors (Lipinski definition) is 2. The Labute approximate surface area is 120 Å². The minimum atomic E-state index is -0.457. The lowest BCUT2D eigenvalue weighted by Gasteiger charge is -2.34. The number of amides is 1. The minimum absolute atomic E-state index is 0.0737. The van der Waals surface area contributed by atoms with E-state index < -0.39 is 5.91 Å². The molecule has 110 valence electrons. The van der Waals surface area contributed by atoms with Crippen LogP contribution in [0.4, 0.5) is 0 Å². The Morgan fingerprint density at radius 2 is 1.90 bits per heavy atom. The van der Waals surface area contributed by atoms with Gasteiger partial charge < -0.3 is 15.8 Å². The highest BCUT2D eigenvalue weighted by atomic mass is 16.5. The molecule has 0 bridgehead atoms. The quantitative estimate of drug-likeness (QED) is 0.838. The monoisotopic (exact) mass is 276 g/mol. The molecule has 0 unspecified atom stereocenters. The van der Waals surface area contributed by atoms with Gasteiger partial charge in [0.15, 0.2) is 6.61 Å². The highest BCUT2D eigenvalue weighted by molar-refractivity contribution is 5.75. The van der Waals surface area contributed by atoms with Crippen molar-refractivity contribution in [2.24, 2.45) is 5.73 Å². The van der Waals surface area contributed by atoms with E-state index in [2.05, 4.69) is 12.2 Å². The lowest BCUT2D eigenvalue weighted by atomic mass is 9.83. The third-order valence-corrected chi connectivity index (χ3v) is 3.98. The molecule has 4 heteroatoms. The molecule has 1 amide bonds. The summed E-state index contributed by atoms with van der Waals surface area (Å²) in [5, 5.41) is 3.67. The molecule has 0 aliphatic heterocycles. The third kappa shape index (κ3) is 4.53. The van der Waals surface area contributed by atoms with Crippen molar-refractivity contribution in [3.63, 3.8) is 0 Å². The van der Waals surface area contributed by atoms with E-state index >= 15 is 0 Å². The molecule has 0 radical (unpaired) electrons. The zero-order chi connectivity index (χ0) is 14.4. The first-order valence-electron chi connectivity index (χ1n) is 7.32. The Kier molecular flexibility index (Phi) is 5.01. The summed E-state index contributed by atoms with van der Waals surface area (Å²) in [6, 6.07) is 7.80. The molecular weight excluding hydrogens is 252 g/mol. The van der Waals surface area contributed by atoms with E-state index in [1.54, 1.807) is 0 Å². The fraction of sp³-hybridized carbons (Fsp3) is 0.562. The van der Waals surface area contributed by atoms with Crippen LogP contribution in [0.1, 0.15) is 44.6 Å². The number of primary amides is 1. The maximum Gasteiger partial charge on any atom is 0.255 e. The summed E-state index contributed by atoms with van der Waals surface area (Å²) in [5.41, 5.74) is 6.54. The molecule has 1 aromatic carbocycles. The zero-order valence-corrected chi connectivity index (χ0v) is 12.2. The lowest BCUT2D eigenvalue weighted by molar-refractivity contribution is -0.119. The van der Waals surface area contributed by atoms with Crippen molar-refractivity contribution in [2.75, 3.05) is 6.61 Å². The second-order valence-electron chi connectivity index (χ2n) is 5.87. The SMILES string of the molecule is CC1(NCc2ccc(OCC(N)=O)cc2)CCCCC1. The van der Waals surface area contributed by atoms with Crippen LogP contribution in [0.5, 0.6) is 5.75 Å². The molecule has 0 heterocycles. The highest BCUT2D eigenvalue weighted by Crippen LogP contribution is 2.27. The minimum Gasteiger partial charge on any atom is -0.484 e. The average molecular weight is 276 g/mol. The number of benzene rings is 1. The smallest absolute Gasteiger partial charge is 0.255 e. The Morgan fingerprint density at radius 1 is 1.25 bits per heavy atom. The summed E-state index contributed by atoms with van der Waals surface area (Å²) in [7, 11) is 0. The van der Waals surface area contributed by atoms with Gasteiger partial charge in [-0.2, -0.15) is 0 Å². The third-order valence-electron chi connectivity index (χ3n) is 3.98. The molecule has 1 saturated carbocycles. The van der Waals surface area contributed by atoms with E-state index in [-0.39, 0.29) is 12.1 Å². The van der Waals surface area contributed by atoms with Crippen molar-refractivity contribution >= 4 is 5.91 Å². The summed E-state index contributed by atoms with van der Waals surface area (Å²) in [6.07, 6.45) is 6.52. The van der Waals surface area contributed by atoms with Crippen molar-refractivity contribution in [2.45, 2.75) is 51.1 Å². The predicted molar refractivity (Wildman–Crippen MR) is 79.5 cm³/mol. The van der Waals surface area contributed by atoms with E-state index in [4.69, 9.17) is 10.5 Å². The second kappa shape index (κ2) is 6.75. The standard InChI is InChI=1S/C16H24N2O2/c1-16(9-3-2-4-10-16)18-11-13-5-7-14(8-6-13)20-12-15(17)19/h5-8,18H,2-4,9-12H2,1H3,(H2,17,19). The number of rotatable bonds is 6. The first-order valence-corrected chi connectivity index (χ1v) is 7.32. The van der Waals surface area contributed by atoms with Gasteiger partial charge in [0.2, 0.25) is 0 Å². The van der Waals surface area contributed by atoms with Gasteiger partial charge in [0, 0.05) is 12.1 Å². The number of nitrogens with one attached hydrogen (secondary N) is 1. The maximum atomic E-state index is 10.6. The fourth-order valence-electron chi connectivity index (χ4n) is 2.68. The van der Waals surface area contributed by atoms with Gasteiger partial charge in [-0.1, -0.05) is 31.4 Å². The molecule has 0 spiro atoms. The van der Waals surface area contributed by atoms with E-state index in [9.17, 15) is 4.79 Å². The van der Waals surface area contributed by atoms with Gasteiger partial charge in [0.05, 0.1) is 0 Å². The molecule has 0 aromatic heterocycles. The van der Waals surface area contributed by atoms with Crippen LogP contribution in [0, 0.1) is 0 Å². The van der Waals surface area contributed by atoms with Crippen LogP contribution in [0.2, 0.25) is 0 Å². The molecule has 1 aliphatic rings. The molecule has 0 atom stereocenters. The van der Waals surface area contributed by atoms with Crippen molar-refractivity contribution in [3.8, 4) is 5.75 Å². The molecule has 1 aliphatic carbocycles. The first kappa shape index (κ1) is 14.9. The molecule has 3 N–H and O–H groups in total. The molecule has 1 fully saturated rings. The average Bonchev–Trinajstić information content (AvgIpc) is 2.45. The van der Waals surface area contributed by atoms with E-state index in [1.807, 2.05) is 24.3 Å². The largest absolute Gasteiger partial charge is 0.484 e. The summed E-state index contributed by atoms with van der Waals surface area (Å²) in [6.45, 7) is 3.11. The molecule has 0 saturated heterocycles. The van der Waals surface area contributed by atoms with Gasteiger partial charge >= 0.3 is 0 Å². The molecule has 2 rings (SSSR count). The number of carbonyl (C=O) groups excluding carboxylic acids is 1. The van der Waals surface area contributed by atoms with E-state index in [0.717, 1.165) is 6.54 Å². The van der Waals surface area contributed by atoms with Crippen LogP contribution < -0.4 is 15.8 Å². The zero-order valence-electron chi connectivity index (χ0n) is 12.2. The van der Waals surface area contributed by atoms with Crippen molar-refractivity contribution < 1.29 is 9.53 Å². The van der Waals surface area contributed by atoms with Gasteiger partial charge in [-0.25, -0.2) is 0 Å². The number of carbonyl (C=O) groups is 1. The van der Waals surface area contributed by atoms with Crippen LogP contribution in [-0.2, 0) is 11.3 Å². The first-order chi connectivity index (χ1) is 9.57. The number of nitrogens with two attached hydrogens (primary N) is 1. The Balaban J connectivity index is 1.82. The van der Waals surface area contributed by atoms with E-state index in [0.29, 0.717) is 5.75 Å². The topological polar surface area (TPSA) is 64.3 Å². The molecule has 4 nitrogen and oxygen atoms in total. The fourth-order valence-corrected chi connectivity index (χ4v) is 2.68. The highest BCUT2D eigenvalue weighted by Gasteiger charge is 2.25. The predicted octanol–water partition coefficient (Wildman–Crippen LogP) is 2.36. The van der Waals surface area contributed by atoms with Crippen LogP contribution in [0.3, 0.4) is 0 Å². The summed E-state index contributed by atoms with van der Waals surface area (Å²) < 4.78 is 5.24.